The van der Waals surface area contributed by atoms with Gasteiger partial charge in [-0.05, 0) is 64.4 Å². The lowest BCUT2D eigenvalue weighted by molar-refractivity contribution is -0.139. The molecule has 1 aliphatic heterocycles. The van der Waals surface area contributed by atoms with Gasteiger partial charge < -0.3 is 19.5 Å². The fourth-order valence-corrected chi connectivity index (χ4v) is 5.93. The van der Waals surface area contributed by atoms with Gasteiger partial charge in [-0.25, -0.2) is 14.5 Å². The molecule has 7 nitrogen and oxygen atoms in total. The zero-order chi connectivity index (χ0) is 30.7. The van der Waals surface area contributed by atoms with Crippen molar-refractivity contribution < 1.29 is 23.8 Å². The molecule has 1 N–H and O–H groups in total. The second-order valence-electron chi connectivity index (χ2n) is 10.9. The van der Waals surface area contributed by atoms with Crippen LogP contribution in [-0.4, -0.2) is 41.9 Å². The average molecular weight is 603 g/mol. The molecule has 0 spiro atoms. The molecule has 1 aromatic carbocycles. The van der Waals surface area contributed by atoms with Crippen molar-refractivity contribution in [2.24, 2.45) is 0 Å². The normalized spacial score (nSPS) is 15.0. The summed E-state index contributed by atoms with van der Waals surface area (Å²) in [5, 5.41) is 3.20. The number of hydrogen-bond acceptors (Lipinski definition) is 6. The Morgan fingerprint density at radius 2 is 1.38 bits per heavy atom. The number of ether oxygens (including phenoxy) is 3. The van der Waals surface area contributed by atoms with Crippen LogP contribution in [0.15, 0.2) is 29.5 Å². The molecule has 0 aromatic heterocycles. The van der Waals surface area contributed by atoms with E-state index in [4.69, 9.17) is 26.4 Å². The van der Waals surface area contributed by atoms with Crippen molar-refractivity contribution >= 4 is 29.4 Å². The summed E-state index contributed by atoms with van der Waals surface area (Å²) in [5.41, 5.74) is 2.68. The molecular formula is C34H54N2O5S. The topological polar surface area (TPSA) is 77.1 Å². The summed E-state index contributed by atoms with van der Waals surface area (Å²) in [6, 6.07) is 5.10. The van der Waals surface area contributed by atoms with Gasteiger partial charge in [-0.1, -0.05) is 96.1 Å². The molecule has 0 saturated carbocycles. The molecular weight excluding hydrogens is 548 g/mol. The lowest BCUT2D eigenvalue weighted by Gasteiger charge is -2.38. The highest BCUT2D eigenvalue weighted by atomic mass is 32.1. The maximum Gasteiger partial charge on any atom is 0.416 e. The van der Waals surface area contributed by atoms with Crippen LogP contribution in [0.4, 0.5) is 4.79 Å². The Morgan fingerprint density at radius 1 is 0.810 bits per heavy atom. The Morgan fingerprint density at radius 3 is 1.93 bits per heavy atom. The first-order chi connectivity index (χ1) is 20.4. The highest BCUT2D eigenvalue weighted by Gasteiger charge is 2.43. The van der Waals surface area contributed by atoms with E-state index in [1.165, 1.54) is 75.5 Å². The third-order valence-corrected chi connectivity index (χ3v) is 7.99. The minimum absolute atomic E-state index is 0.182. The quantitative estimate of drug-likeness (QED) is 0.0907. The fourth-order valence-electron chi connectivity index (χ4n) is 5.60. The Bertz CT molecular complexity index is 1030. The standard InChI is InChI=1S/C34H54N2O5S/c1-6-10-11-12-13-14-15-16-17-18-19-20-21-23-27-24-22-25-28(39-7-2)30(27)31-29(32(37)40-8-3)26(5)35-33(42)36(31)34(38)41-9-4/h22,24-25,31H,6-21,23H2,1-5H3,(H,35,42). The van der Waals surface area contributed by atoms with E-state index < -0.39 is 18.1 Å². The molecule has 0 radical (unpaired) electrons. The smallest absolute Gasteiger partial charge is 0.416 e. The van der Waals surface area contributed by atoms with E-state index in [-0.39, 0.29) is 18.3 Å². The van der Waals surface area contributed by atoms with E-state index >= 15 is 0 Å². The third-order valence-electron chi connectivity index (χ3n) is 7.69. The number of benzene rings is 1. The van der Waals surface area contributed by atoms with Gasteiger partial charge in [0.15, 0.2) is 5.11 Å². The van der Waals surface area contributed by atoms with E-state index in [9.17, 15) is 9.59 Å². The van der Waals surface area contributed by atoms with Crippen LogP contribution < -0.4 is 10.1 Å². The van der Waals surface area contributed by atoms with E-state index in [0.29, 0.717) is 23.6 Å². The fraction of sp³-hybridized carbons (Fsp3) is 0.676. The van der Waals surface area contributed by atoms with Crippen molar-refractivity contribution in [1.29, 1.82) is 0 Å². The first kappa shape index (κ1) is 35.6. The summed E-state index contributed by atoms with van der Waals surface area (Å²) in [5.74, 6) is 0.130. The molecule has 2 rings (SSSR count). The molecule has 1 aromatic rings. The Labute approximate surface area is 259 Å². The van der Waals surface area contributed by atoms with Crippen LogP contribution in [0.25, 0.3) is 0 Å². The third kappa shape index (κ3) is 10.9. The molecule has 236 valence electrons. The van der Waals surface area contributed by atoms with E-state index in [0.717, 1.165) is 30.4 Å². The molecule has 1 atom stereocenters. The number of carbonyl (C=O) groups excluding carboxylic acids is 2. The van der Waals surface area contributed by atoms with Crippen molar-refractivity contribution in [3.8, 4) is 5.75 Å². The predicted octanol–water partition coefficient (Wildman–Crippen LogP) is 8.94. The van der Waals surface area contributed by atoms with Crippen LogP contribution in [0.2, 0.25) is 0 Å². The highest BCUT2D eigenvalue weighted by Crippen LogP contribution is 2.42. The van der Waals surface area contributed by atoms with E-state index in [1.807, 2.05) is 19.1 Å². The molecule has 0 saturated heterocycles. The monoisotopic (exact) mass is 602 g/mol. The summed E-state index contributed by atoms with van der Waals surface area (Å²) in [7, 11) is 0. The molecule has 0 aliphatic carbocycles. The molecule has 0 fully saturated rings. The predicted molar refractivity (Wildman–Crippen MR) is 174 cm³/mol. The summed E-state index contributed by atoms with van der Waals surface area (Å²) in [6.07, 6.45) is 17.0. The number of carbonyl (C=O) groups is 2. The highest BCUT2D eigenvalue weighted by molar-refractivity contribution is 7.80. The molecule has 1 unspecified atom stereocenters. The van der Waals surface area contributed by atoms with Gasteiger partial charge in [-0.2, -0.15) is 0 Å². The Balaban J connectivity index is 2.17. The molecule has 42 heavy (non-hydrogen) atoms. The van der Waals surface area contributed by atoms with Gasteiger partial charge in [0, 0.05) is 11.3 Å². The van der Waals surface area contributed by atoms with Gasteiger partial charge in [0.25, 0.3) is 0 Å². The minimum Gasteiger partial charge on any atom is -0.493 e. The lowest BCUT2D eigenvalue weighted by Crippen LogP contribution is -2.51. The Hall–Kier alpha value is -2.61. The molecule has 8 heteroatoms. The average Bonchev–Trinajstić information content (AvgIpc) is 2.95. The number of rotatable bonds is 20. The number of nitrogens with zero attached hydrogens (tertiary/aromatic N) is 1. The van der Waals surface area contributed by atoms with Gasteiger partial charge in [-0.15, -0.1) is 0 Å². The van der Waals surface area contributed by atoms with Gasteiger partial charge in [0.2, 0.25) is 0 Å². The summed E-state index contributed by atoms with van der Waals surface area (Å²) in [4.78, 5) is 27.9. The number of allylic oxidation sites excluding steroid dienone is 1. The second kappa shape index (κ2) is 20.3. The minimum atomic E-state index is -0.823. The summed E-state index contributed by atoms with van der Waals surface area (Å²) >= 11 is 5.61. The maximum absolute atomic E-state index is 13.3. The molecule has 0 bridgehead atoms. The van der Waals surface area contributed by atoms with Crippen LogP contribution in [-0.2, 0) is 20.7 Å². The maximum atomic E-state index is 13.3. The lowest BCUT2D eigenvalue weighted by atomic mass is 9.88. The van der Waals surface area contributed by atoms with Crippen molar-refractivity contribution in [2.75, 3.05) is 19.8 Å². The second-order valence-corrected chi connectivity index (χ2v) is 11.3. The zero-order valence-corrected chi connectivity index (χ0v) is 27.5. The first-order valence-electron chi connectivity index (χ1n) is 16.3. The number of amides is 1. The SMILES string of the molecule is CCCCCCCCCCCCCCCc1cccc(OCC)c1C1C(C(=O)OCC)=C(C)NC(=S)N1C(=O)OCC. The van der Waals surface area contributed by atoms with Gasteiger partial charge in [0.1, 0.15) is 11.8 Å². The van der Waals surface area contributed by atoms with Crippen LogP contribution in [0, 0.1) is 0 Å². The number of nitrogens with one attached hydrogen (secondary N) is 1. The van der Waals surface area contributed by atoms with Crippen LogP contribution in [0.3, 0.4) is 0 Å². The molecule has 1 amide bonds. The molecule has 1 aliphatic rings. The van der Waals surface area contributed by atoms with Gasteiger partial charge in [0.05, 0.1) is 25.4 Å². The van der Waals surface area contributed by atoms with Crippen LogP contribution in [0.5, 0.6) is 5.75 Å². The number of aryl methyl sites for hydroxylation is 1. The summed E-state index contributed by atoms with van der Waals surface area (Å²) < 4.78 is 16.9. The number of esters is 1. The Kier molecular flexibility index (Phi) is 17.2. The van der Waals surface area contributed by atoms with Crippen molar-refractivity contribution in [3.05, 3.63) is 40.6 Å². The zero-order valence-electron chi connectivity index (χ0n) is 26.7. The van der Waals surface area contributed by atoms with Gasteiger partial charge in [-0.3, -0.25) is 0 Å². The van der Waals surface area contributed by atoms with Crippen LogP contribution in [0.1, 0.15) is 135 Å². The summed E-state index contributed by atoms with van der Waals surface area (Å²) in [6.45, 7) is 10.3. The molecule has 1 heterocycles. The number of hydrogen-bond donors (Lipinski definition) is 1. The van der Waals surface area contributed by atoms with E-state index in [1.54, 1.807) is 20.8 Å². The van der Waals surface area contributed by atoms with Gasteiger partial charge >= 0.3 is 12.1 Å². The number of thiocarbonyl (C=S) groups is 1. The van der Waals surface area contributed by atoms with Crippen molar-refractivity contribution in [3.63, 3.8) is 0 Å². The number of unbranched alkanes of at least 4 members (excludes halogenated alkanes) is 12. The first-order valence-corrected chi connectivity index (χ1v) is 16.7. The van der Waals surface area contributed by atoms with Crippen molar-refractivity contribution in [2.45, 2.75) is 131 Å². The largest absolute Gasteiger partial charge is 0.493 e. The van der Waals surface area contributed by atoms with E-state index in [2.05, 4.69) is 18.3 Å². The van der Waals surface area contributed by atoms with Crippen molar-refractivity contribution in [1.82, 2.24) is 10.2 Å². The van der Waals surface area contributed by atoms with Crippen LogP contribution >= 0.6 is 12.2 Å².